The fourth-order valence-corrected chi connectivity index (χ4v) is 3.14. The summed E-state index contributed by atoms with van der Waals surface area (Å²) in [7, 11) is 0. The zero-order chi connectivity index (χ0) is 13.8. The molecule has 0 fully saturated rings. The smallest absolute Gasteiger partial charge is 0.387 e. The molecule has 1 N–H and O–H groups in total. The summed E-state index contributed by atoms with van der Waals surface area (Å²) in [6.07, 6.45) is 0. The molecule has 1 heterocycles. The molecular weight excluding hydrogens is 336 g/mol. The van der Waals surface area contributed by atoms with Gasteiger partial charge in [0.25, 0.3) is 0 Å². The van der Waals surface area contributed by atoms with E-state index in [1.54, 1.807) is 29.5 Å². The van der Waals surface area contributed by atoms with Crippen molar-refractivity contribution in [3.63, 3.8) is 0 Å². The van der Waals surface area contributed by atoms with Crippen LogP contribution in [0.1, 0.15) is 9.75 Å². The van der Waals surface area contributed by atoms with Crippen LogP contribution in [-0.2, 0) is 6.54 Å². The van der Waals surface area contributed by atoms with Gasteiger partial charge in [0.05, 0.1) is 5.69 Å². The van der Waals surface area contributed by atoms with Crippen LogP contribution in [0.25, 0.3) is 0 Å². The standard InChI is InChI=1S/C13H12BrF2NOS/c1-8-10(14)6-9(19-8)7-17-11-4-2-3-5-12(11)18-13(15)16/h2-6,13,17H,7H2,1H3. The Morgan fingerprint density at radius 1 is 1.37 bits per heavy atom. The maximum Gasteiger partial charge on any atom is 0.387 e. The third-order valence-corrected chi connectivity index (χ3v) is 4.60. The quantitative estimate of drug-likeness (QED) is 0.818. The SMILES string of the molecule is Cc1sc(CNc2ccccc2OC(F)F)cc1Br. The first-order chi connectivity index (χ1) is 9.06. The Morgan fingerprint density at radius 3 is 2.74 bits per heavy atom. The third kappa shape index (κ3) is 3.91. The number of thiophene rings is 1. The molecule has 0 aliphatic heterocycles. The zero-order valence-corrected chi connectivity index (χ0v) is 12.5. The van der Waals surface area contributed by atoms with Gasteiger partial charge in [0, 0.05) is 20.8 Å². The van der Waals surface area contributed by atoms with Crippen molar-refractivity contribution >= 4 is 33.0 Å². The lowest BCUT2D eigenvalue weighted by atomic mass is 10.3. The summed E-state index contributed by atoms with van der Waals surface area (Å²) in [5.41, 5.74) is 0.560. The molecular formula is C13H12BrF2NOS. The monoisotopic (exact) mass is 347 g/mol. The normalized spacial score (nSPS) is 10.8. The molecule has 0 atom stereocenters. The van der Waals surface area contributed by atoms with E-state index in [1.165, 1.54) is 10.9 Å². The van der Waals surface area contributed by atoms with E-state index in [-0.39, 0.29) is 5.75 Å². The molecule has 2 aromatic rings. The molecule has 0 unspecified atom stereocenters. The van der Waals surface area contributed by atoms with Crippen LogP contribution in [0.3, 0.4) is 0 Å². The average Bonchev–Trinajstić information content (AvgIpc) is 2.67. The highest BCUT2D eigenvalue weighted by Gasteiger charge is 2.09. The topological polar surface area (TPSA) is 21.3 Å². The fourth-order valence-electron chi connectivity index (χ4n) is 1.60. The molecule has 0 radical (unpaired) electrons. The van der Waals surface area contributed by atoms with E-state index in [0.717, 1.165) is 9.35 Å². The Morgan fingerprint density at radius 2 is 2.11 bits per heavy atom. The van der Waals surface area contributed by atoms with Crippen LogP contribution >= 0.6 is 27.3 Å². The number of benzene rings is 1. The molecule has 0 spiro atoms. The molecule has 102 valence electrons. The van der Waals surface area contributed by atoms with E-state index in [2.05, 4.69) is 26.0 Å². The summed E-state index contributed by atoms with van der Waals surface area (Å²) in [5, 5.41) is 3.11. The van der Waals surface area contributed by atoms with Crippen LogP contribution in [0.2, 0.25) is 0 Å². The third-order valence-electron chi connectivity index (χ3n) is 2.46. The van der Waals surface area contributed by atoms with Gasteiger partial charge in [-0.05, 0) is 41.1 Å². The van der Waals surface area contributed by atoms with E-state index < -0.39 is 6.61 Å². The van der Waals surface area contributed by atoms with Gasteiger partial charge in [-0.2, -0.15) is 8.78 Å². The largest absolute Gasteiger partial charge is 0.433 e. The fraction of sp³-hybridized carbons (Fsp3) is 0.231. The van der Waals surface area contributed by atoms with E-state index in [0.29, 0.717) is 12.2 Å². The number of hydrogen-bond donors (Lipinski definition) is 1. The summed E-state index contributed by atoms with van der Waals surface area (Å²) in [6, 6.07) is 8.69. The van der Waals surface area contributed by atoms with Crippen molar-refractivity contribution in [1.29, 1.82) is 0 Å². The number of anilines is 1. The molecule has 1 aromatic heterocycles. The minimum atomic E-state index is -2.82. The molecule has 2 rings (SSSR count). The molecule has 1 aromatic carbocycles. The van der Waals surface area contributed by atoms with Crippen molar-refractivity contribution in [2.45, 2.75) is 20.1 Å². The second-order valence-corrected chi connectivity index (χ2v) is 6.04. The van der Waals surface area contributed by atoms with Gasteiger partial charge in [-0.1, -0.05) is 12.1 Å². The van der Waals surface area contributed by atoms with Crippen LogP contribution in [0, 0.1) is 6.92 Å². The van der Waals surface area contributed by atoms with E-state index in [1.807, 2.05) is 13.0 Å². The van der Waals surface area contributed by atoms with Gasteiger partial charge < -0.3 is 10.1 Å². The minimum absolute atomic E-state index is 0.157. The lowest BCUT2D eigenvalue weighted by Gasteiger charge is -2.11. The number of nitrogens with one attached hydrogen (secondary N) is 1. The predicted octanol–water partition coefficient (Wildman–Crippen LogP) is 5.03. The van der Waals surface area contributed by atoms with Gasteiger partial charge in [-0.25, -0.2) is 0 Å². The predicted molar refractivity (Wildman–Crippen MR) is 77.2 cm³/mol. The molecule has 19 heavy (non-hydrogen) atoms. The van der Waals surface area contributed by atoms with Crippen molar-refractivity contribution in [3.05, 3.63) is 44.6 Å². The van der Waals surface area contributed by atoms with Crippen molar-refractivity contribution in [2.75, 3.05) is 5.32 Å². The maximum atomic E-state index is 12.3. The summed E-state index contributed by atoms with van der Waals surface area (Å²) in [4.78, 5) is 2.31. The number of alkyl halides is 2. The van der Waals surface area contributed by atoms with Crippen LogP contribution in [-0.4, -0.2) is 6.61 Å². The molecule has 0 aliphatic rings. The lowest BCUT2D eigenvalue weighted by molar-refractivity contribution is -0.0493. The van der Waals surface area contributed by atoms with Gasteiger partial charge in [0.2, 0.25) is 0 Å². The second-order valence-electron chi connectivity index (χ2n) is 3.85. The highest BCUT2D eigenvalue weighted by Crippen LogP contribution is 2.29. The molecule has 0 bridgehead atoms. The molecule has 2 nitrogen and oxygen atoms in total. The van der Waals surface area contributed by atoms with Crippen LogP contribution in [0.5, 0.6) is 5.75 Å². The number of halogens is 3. The summed E-state index contributed by atoms with van der Waals surface area (Å²) in [5.74, 6) is 0.157. The lowest BCUT2D eigenvalue weighted by Crippen LogP contribution is -2.06. The number of rotatable bonds is 5. The Labute approximate surface area is 122 Å². The van der Waals surface area contributed by atoms with Crippen LogP contribution in [0.4, 0.5) is 14.5 Å². The Bertz CT molecular complexity index is 540. The van der Waals surface area contributed by atoms with Crippen LogP contribution in [0.15, 0.2) is 34.8 Å². The van der Waals surface area contributed by atoms with Gasteiger partial charge >= 0.3 is 6.61 Å². The number of para-hydroxylation sites is 2. The molecule has 6 heteroatoms. The molecule has 0 aliphatic carbocycles. The first-order valence-corrected chi connectivity index (χ1v) is 7.19. The van der Waals surface area contributed by atoms with Gasteiger partial charge in [-0.3, -0.25) is 0 Å². The van der Waals surface area contributed by atoms with Crippen molar-refractivity contribution in [3.8, 4) is 5.75 Å². The van der Waals surface area contributed by atoms with Gasteiger partial charge in [-0.15, -0.1) is 11.3 Å². The summed E-state index contributed by atoms with van der Waals surface area (Å²) < 4.78 is 30.1. The Balaban J connectivity index is 2.06. The van der Waals surface area contributed by atoms with Crippen molar-refractivity contribution < 1.29 is 13.5 Å². The molecule has 0 saturated carbocycles. The van der Waals surface area contributed by atoms with Gasteiger partial charge in [0.1, 0.15) is 5.75 Å². The first-order valence-electron chi connectivity index (χ1n) is 5.59. The van der Waals surface area contributed by atoms with Crippen molar-refractivity contribution in [2.24, 2.45) is 0 Å². The van der Waals surface area contributed by atoms with E-state index in [4.69, 9.17) is 0 Å². The number of aryl methyl sites for hydroxylation is 1. The average molecular weight is 348 g/mol. The van der Waals surface area contributed by atoms with Crippen LogP contribution < -0.4 is 10.1 Å². The summed E-state index contributed by atoms with van der Waals surface area (Å²) in [6.45, 7) is -0.228. The molecule has 0 amide bonds. The number of ether oxygens (including phenoxy) is 1. The van der Waals surface area contributed by atoms with Gasteiger partial charge in [0.15, 0.2) is 0 Å². The van der Waals surface area contributed by atoms with Crippen molar-refractivity contribution in [1.82, 2.24) is 0 Å². The van der Waals surface area contributed by atoms with E-state index in [9.17, 15) is 8.78 Å². The Kier molecular flexibility index (Phi) is 4.76. The highest BCUT2D eigenvalue weighted by atomic mass is 79.9. The maximum absolute atomic E-state index is 12.3. The zero-order valence-electron chi connectivity index (χ0n) is 10.1. The Hall–Kier alpha value is -1.14. The number of hydrogen-bond acceptors (Lipinski definition) is 3. The van der Waals surface area contributed by atoms with E-state index >= 15 is 0 Å². The molecule has 0 saturated heterocycles. The second kappa shape index (κ2) is 6.34. The highest BCUT2D eigenvalue weighted by molar-refractivity contribution is 9.10. The first kappa shape index (κ1) is 14.3. The minimum Gasteiger partial charge on any atom is -0.433 e. The summed E-state index contributed by atoms with van der Waals surface area (Å²) >= 11 is 5.10.